The van der Waals surface area contributed by atoms with Crippen molar-refractivity contribution in [1.82, 2.24) is 4.90 Å². The van der Waals surface area contributed by atoms with E-state index in [4.69, 9.17) is 5.11 Å². The predicted octanol–water partition coefficient (Wildman–Crippen LogP) is 1.97. The van der Waals surface area contributed by atoms with Crippen LogP contribution in [0.3, 0.4) is 0 Å². The van der Waals surface area contributed by atoms with E-state index in [0.717, 1.165) is 25.0 Å². The Kier molecular flexibility index (Phi) is 4.01. The van der Waals surface area contributed by atoms with Crippen LogP contribution in [0.4, 0.5) is 8.78 Å². The third kappa shape index (κ3) is 3.12. The van der Waals surface area contributed by atoms with Gasteiger partial charge in [-0.1, -0.05) is 6.07 Å². The summed E-state index contributed by atoms with van der Waals surface area (Å²) in [4.78, 5) is 24.5. The van der Waals surface area contributed by atoms with Gasteiger partial charge in [-0.25, -0.2) is 13.6 Å². The van der Waals surface area contributed by atoms with E-state index in [1.54, 1.807) is 0 Å². The van der Waals surface area contributed by atoms with Gasteiger partial charge in [0.1, 0.15) is 6.04 Å². The van der Waals surface area contributed by atoms with Crippen LogP contribution in [-0.2, 0) is 16.0 Å². The number of amides is 1. The Balaban J connectivity index is 2.12. The van der Waals surface area contributed by atoms with Gasteiger partial charge in [-0.05, 0) is 37.5 Å². The van der Waals surface area contributed by atoms with E-state index in [1.807, 2.05) is 0 Å². The van der Waals surface area contributed by atoms with Crippen LogP contribution in [-0.4, -0.2) is 34.0 Å². The highest BCUT2D eigenvalue weighted by Crippen LogP contribution is 2.29. The minimum absolute atomic E-state index is 0.0566. The zero-order valence-corrected chi connectivity index (χ0v) is 11.0. The van der Waals surface area contributed by atoms with Crippen molar-refractivity contribution in [3.05, 3.63) is 35.4 Å². The van der Waals surface area contributed by atoms with Gasteiger partial charge in [0, 0.05) is 6.04 Å². The molecule has 0 bridgehead atoms. The predicted molar refractivity (Wildman–Crippen MR) is 67.0 cm³/mol. The summed E-state index contributed by atoms with van der Waals surface area (Å²) in [5, 5.41) is 9.02. The quantitative estimate of drug-likeness (QED) is 0.899. The fraction of sp³-hybridized carbons (Fsp3) is 0.429. The first-order chi connectivity index (χ1) is 9.40. The molecule has 4 nitrogen and oxygen atoms in total. The van der Waals surface area contributed by atoms with Crippen LogP contribution >= 0.6 is 0 Å². The molecule has 0 radical (unpaired) electrons. The molecule has 2 rings (SSSR count). The van der Waals surface area contributed by atoms with Crippen molar-refractivity contribution in [1.29, 1.82) is 0 Å². The van der Waals surface area contributed by atoms with Gasteiger partial charge in [-0.3, -0.25) is 4.79 Å². The summed E-state index contributed by atoms with van der Waals surface area (Å²) in [5.41, 5.74) is 0.331. The van der Waals surface area contributed by atoms with E-state index in [1.165, 1.54) is 17.9 Å². The third-order valence-electron chi connectivity index (χ3n) is 3.34. The Morgan fingerprint density at radius 1 is 1.35 bits per heavy atom. The summed E-state index contributed by atoms with van der Waals surface area (Å²) in [6.07, 6.45) is 1.42. The lowest BCUT2D eigenvalue weighted by molar-refractivity contribution is -0.149. The van der Waals surface area contributed by atoms with Gasteiger partial charge in [0.25, 0.3) is 0 Å². The zero-order chi connectivity index (χ0) is 14.9. The molecule has 1 aliphatic rings. The number of benzene rings is 1. The smallest absolute Gasteiger partial charge is 0.326 e. The van der Waals surface area contributed by atoms with Crippen LogP contribution in [0.1, 0.15) is 25.3 Å². The summed E-state index contributed by atoms with van der Waals surface area (Å²) in [5.74, 6) is -3.44. The second-order valence-corrected chi connectivity index (χ2v) is 4.97. The minimum atomic E-state index is -1.07. The number of halogens is 2. The van der Waals surface area contributed by atoms with E-state index in [-0.39, 0.29) is 18.4 Å². The van der Waals surface area contributed by atoms with E-state index >= 15 is 0 Å². The summed E-state index contributed by atoms with van der Waals surface area (Å²) >= 11 is 0. The van der Waals surface area contributed by atoms with Crippen molar-refractivity contribution in [2.24, 2.45) is 0 Å². The van der Waals surface area contributed by atoms with Gasteiger partial charge in [0.15, 0.2) is 11.6 Å². The number of carbonyl (C=O) groups excluding carboxylic acids is 1. The van der Waals surface area contributed by atoms with Gasteiger partial charge in [-0.15, -0.1) is 0 Å². The van der Waals surface area contributed by atoms with E-state index in [0.29, 0.717) is 5.56 Å². The van der Waals surface area contributed by atoms with Crippen molar-refractivity contribution < 1.29 is 23.5 Å². The second kappa shape index (κ2) is 5.56. The Bertz CT molecular complexity index is 543. The average Bonchev–Trinajstić information content (AvgIpc) is 3.18. The van der Waals surface area contributed by atoms with Gasteiger partial charge in [-0.2, -0.15) is 0 Å². The van der Waals surface area contributed by atoms with Crippen LogP contribution in [0.5, 0.6) is 0 Å². The highest BCUT2D eigenvalue weighted by molar-refractivity contribution is 5.85. The molecule has 0 saturated heterocycles. The number of carboxylic acid groups (broad SMARTS) is 1. The molecule has 0 aromatic heterocycles. The van der Waals surface area contributed by atoms with Crippen molar-refractivity contribution >= 4 is 11.9 Å². The van der Waals surface area contributed by atoms with Crippen molar-refractivity contribution in [3.63, 3.8) is 0 Å². The molecule has 0 heterocycles. The molecule has 1 unspecified atom stereocenters. The van der Waals surface area contributed by atoms with E-state index < -0.39 is 23.6 Å². The Morgan fingerprint density at radius 2 is 2.00 bits per heavy atom. The molecule has 1 aliphatic carbocycles. The Morgan fingerprint density at radius 3 is 2.50 bits per heavy atom. The van der Waals surface area contributed by atoms with E-state index in [2.05, 4.69) is 0 Å². The standard InChI is InChI=1S/C14H15F2NO3/c1-8(14(19)20)17(10-3-4-10)13(18)7-9-2-5-11(15)12(16)6-9/h2,5-6,8,10H,3-4,7H2,1H3,(H,19,20). The van der Waals surface area contributed by atoms with Gasteiger partial charge in [0.2, 0.25) is 5.91 Å². The molecule has 20 heavy (non-hydrogen) atoms. The van der Waals surface area contributed by atoms with Crippen LogP contribution in [0.15, 0.2) is 18.2 Å². The molecule has 1 amide bonds. The highest BCUT2D eigenvalue weighted by Gasteiger charge is 2.38. The molecule has 0 aliphatic heterocycles. The van der Waals surface area contributed by atoms with Gasteiger partial charge in [0.05, 0.1) is 6.42 Å². The van der Waals surface area contributed by atoms with Crippen molar-refractivity contribution in [2.45, 2.75) is 38.3 Å². The molecule has 108 valence electrons. The van der Waals surface area contributed by atoms with Crippen LogP contribution in [0.25, 0.3) is 0 Å². The first kappa shape index (κ1) is 14.4. The number of nitrogens with zero attached hydrogens (tertiary/aromatic N) is 1. The molecule has 0 spiro atoms. The Labute approximate surface area is 115 Å². The molecule has 1 atom stereocenters. The molecule has 1 saturated carbocycles. The minimum Gasteiger partial charge on any atom is -0.480 e. The highest BCUT2D eigenvalue weighted by atomic mass is 19.2. The van der Waals surface area contributed by atoms with Crippen LogP contribution in [0.2, 0.25) is 0 Å². The summed E-state index contributed by atoms with van der Waals surface area (Å²) in [6.45, 7) is 1.45. The fourth-order valence-electron chi connectivity index (χ4n) is 2.12. The van der Waals surface area contributed by atoms with Crippen LogP contribution in [0, 0.1) is 11.6 Å². The van der Waals surface area contributed by atoms with Crippen LogP contribution < -0.4 is 0 Å². The molecule has 1 aromatic carbocycles. The SMILES string of the molecule is CC(C(=O)O)N(C(=O)Cc1ccc(F)c(F)c1)C1CC1. The average molecular weight is 283 g/mol. The maximum absolute atomic E-state index is 13.1. The molecule has 1 N–H and O–H groups in total. The number of carbonyl (C=O) groups is 2. The van der Waals surface area contributed by atoms with Gasteiger partial charge >= 0.3 is 5.97 Å². The Hall–Kier alpha value is -1.98. The maximum atomic E-state index is 13.1. The monoisotopic (exact) mass is 283 g/mol. The molecular weight excluding hydrogens is 268 g/mol. The number of hydrogen-bond donors (Lipinski definition) is 1. The van der Waals surface area contributed by atoms with E-state index in [9.17, 15) is 18.4 Å². The number of carboxylic acids is 1. The molecular formula is C14H15F2NO3. The summed E-state index contributed by atoms with van der Waals surface area (Å²) < 4.78 is 25.9. The first-order valence-corrected chi connectivity index (χ1v) is 6.38. The molecule has 6 heteroatoms. The lowest BCUT2D eigenvalue weighted by Gasteiger charge is -2.26. The lowest BCUT2D eigenvalue weighted by Crippen LogP contribution is -2.45. The lowest BCUT2D eigenvalue weighted by atomic mass is 10.1. The van der Waals surface area contributed by atoms with Crippen molar-refractivity contribution in [2.75, 3.05) is 0 Å². The zero-order valence-electron chi connectivity index (χ0n) is 11.0. The topological polar surface area (TPSA) is 57.6 Å². The summed E-state index contributed by atoms with van der Waals surface area (Å²) in [6, 6.07) is 2.27. The number of hydrogen-bond acceptors (Lipinski definition) is 2. The normalized spacial score (nSPS) is 15.8. The third-order valence-corrected chi connectivity index (χ3v) is 3.34. The molecule has 1 aromatic rings. The van der Waals surface area contributed by atoms with Crippen molar-refractivity contribution in [3.8, 4) is 0 Å². The number of rotatable bonds is 5. The van der Waals surface area contributed by atoms with Gasteiger partial charge < -0.3 is 10.0 Å². The first-order valence-electron chi connectivity index (χ1n) is 6.38. The second-order valence-electron chi connectivity index (χ2n) is 4.97. The maximum Gasteiger partial charge on any atom is 0.326 e. The fourth-order valence-corrected chi connectivity index (χ4v) is 2.12. The summed E-state index contributed by atoms with van der Waals surface area (Å²) in [7, 11) is 0. The number of aliphatic carboxylic acids is 1. The largest absolute Gasteiger partial charge is 0.480 e. The molecule has 1 fully saturated rings.